The van der Waals surface area contributed by atoms with E-state index in [9.17, 15) is 4.79 Å². The number of benzene rings is 1. The van der Waals surface area contributed by atoms with Crippen molar-refractivity contribution in [2.45, 2.75) is 32.9 Å². The standard InChI is InChI=1S/C20H25N3O/c1-16-6-2-3-8-18(16)14-23-11-5-9-19(15-23)20(24)22-13-17-7-4-10-21-12-17/h2-4,6-8,10,12,19H,5,9,11,13-15H2,1H3,(H,22,24). The Labute approximate surface area is 143 Å². The molecule has 1 aliphatic heterocycles. The molecular weight excluding hydrogens is 298 g/mol. The van der Waals surface area contributed by atoms with Gasteiger partial charge in [-0.1, -0.05) is 30.3 Å². The number of carbonyl (C=O) groups excluding carboxylic acids is 1. The quantitative estimate of drug-likeness (QED) is 0.920. The summed E-state index contributed by atoms with van der Waals surface area (Å²) in [5.41, 5.74) is 3.72. The first-order valence-corrected chi connectivity index (χ1v) is 8.66. The first kappa shape index (κ1) is 16.7. The van der Waals surface area contributed by atoms with Gasteiger partial charge in [-0.3, -0.25) is 14.7 Å². The first-order chi connectivity index (χ1) is 11.7. The SMILES string of the molecule is Cc1ccccc1CN1CCCC(C(=O)NCc2cccnc2)C1. The second-order valence-corrected chi connectivity index (χ2v) is 6.58. The summed E-state index contributed by atoms with van der Waals surface area (Å²) in [6, 6.07) is 12.4. The van der Waals surface area contributed by atoms with E-state index in [1.54, 1.807) is 12.4 Å². The predicted octanol–water partition coefficient (Wildman–Crippen LogP) is 2.92. The molecule has 1 saturated heterocycles. The molecule has 2 heterocycles. The molecule has 1 unspecified atom stereocenters. The molecule has 1 aromatic heterocycles. The van der Waals surface area contributed by atoms with Gasteiger partial charge < -0.3 is 5.32 Å². The van der Waals surface area contributed by atoms with Gasteiger partial charge in [-0.25, -0.2) is 0 Å². The summed E-state index contributed by atoms with van der Waals surface area (Å²) in [5.74, 6) is 0.243. The molecule has 0 aliphatic carbocycles. The third-order valence-corrected chi connectivity index (χ3v) is 4.72. The van der Waals surface area contributed by atoms with Gasteiger partial charge in [0.2, 0.25) is 5.91 Å². The van der Waals surface area contributed by atoms with Crippen LogP contribution in [0.15, 0.2) is 48.8 Å². The van der Waals surface area contributed by atoms with Crippen LogP contribution in [0.1, 0.15) is 29.5 Å². The fourth-order valence-corrected chi connectivity index (χ4v) is 3.28. The Balaban J connectivity index is 1.53. The van der Waals surface area contributed by atoms with Crippen LogP contribution in [0.5, 0.6) is 0 Å². The summed E-state index contributed by atoms with van der Waals surface area (Å²) in [4.78, 5) is 19.0. The molecule has 0 bridgehead atoms. The van der Waals surface area contributed by atoms with E-state index in [2.05, 4.69) is 46.4 Å². The Morgan fingerprint density at radius 1 is 1.29 bits per heavy atom. The molecule has 4 heteroatoms. The first-order valence-electron chi connectivity index (χ1n) is 8.66. The highest BCUT2D eigenvalue weighted by Crippen LogP contribution is 2.20. The van der Waals surface area contributed by atoms with Crippen LogP contribution in [0.4, 0.5) is 0 Å². The van der Waals surface area contributed by atoms with Gasteiger partial charge in [-0.2, -0.15) is 0 Å². The number of hydrogen-bond acceptors (Lipinski definition) is 3. The van der Waals surface area contributed by atoms with Crippen LogP contribution in [0.3, 0.4) is 0 Å². The van der Waals surface area contributed by atoms with Crippen molar-refractivity contribution in [3.05, 3.63) is 65.5 Å². The van der Waals surface area contributed by atoms with Crippen LogP contribution in [-0.2, 0) is 17.9 Å². The normalized spacial score (nSPS) is 18.3. The number of aromatic nitrogens is 1. The van der Waals surface area contributed by atoms with Gasteiger partial charge in [-0.15, -0.1) is 0 Å². The van der Waals surface area contributed by atoms with Crippen molar-refractivity contribution in [1.82, 2.24) is 15.2 Å². The van der Waals surface area contributed by atoms with Crippen LogP contribution in [-0.4, -0.2) is 28.9 Å². The van der Waals surface area contributed by atoms with Gasteiger partial charge in [0, 0.05) is 32.0 Å². The van der Waals surface area contributed by atoms with E-state index < -0.39 is 0 Å². The van der Waals surface area contributed by atoms with E-state index >= 15 is 0 Å². The zero-order valence-electron chi connectivity index (χ0n) is 14.2. The Morgan fingerprint density at radius 3 is 2.96 bits per heavy atom. The zero-order chi connectivity index (χ0) is 16.8. The third kappa shape index (κ3) is 4.42. The van der Waals surface area contributed by atoms with E-state index in [0.717, 1.165) is 38.0 Å². The lowest BCUT2D eigenvalue weighted by molar-refractivity contribution is -0.126. The summed E-state index contributed by atoms with van der Waals surface area (Å²) in [6.45, 7) is 5.55. The van der Waals surface area contributed by atoms with Gasteiger partial charge in [0.15, 0.2) is 0 Å². The second kappa shape index (κ2) is 8.06. The maximum atomic E-state index is 12.5. The molecule has 1 amide bonds. The van der Waals surface area contributed by atoms with Crippen molar-refractivity contribution < 1.29 is 4.79 Å². The molecule has 0 spiro atoms. The third-order valence-electron chi connectivity index (χ3n) is 4.72. The molecule has 1 N–H and O–H groups in total. The highest BCUT2D eigenvalue weighted by molar-refractivity contribution is 5.78. The van der Waals surface area contributed by atoms with Crippen molar-refractivity contribution in [3.63, 3.8) is 0 Å². The van der Waals surface area contributed by atoms with Crippen LogP contribution in [0.2, 0.25) is 0 Å². The van der Waals surface area contributed by atoms with Crippen LogP contribution in [0.25, 0.3) is 0 Å². The fourth-order valence-electron chi connectivity index (χ4n) is 3.28. The van der Waals surface area contributed by atoms with Crippen LogP contribution in [0, 0.1) is 12.8 Å². The Bertz CT molecular complexity index is 672. The number of aryl methyl sites for hydroxylation is 1. The van der Waals surface area contributed by atoms with E-state index in [-0.39, 0.29) is 11.8 Å². The molecule has 1 aliphatic rings. The smallest absolute Gasteiger partial charge is 0.224 e. The zero-order valence-corrected chi connectivity index (χ0v) is 14.2. The van der Waals surface area contributed by atoms with Gasteiger partial charge >= 0.3 is 0 Å². The van der Waals surface area contributed by atoms with Crippen molar-refractivity contribution in [2.24, 2.45) is 5.92 Å². The number of rotatable bonds is 5. The monoisotopic (exact) mass is 323 g/mol. The van der Waals surface area contributed by atoms with E-state index in [1.165, 1.54) is 11.1 Å². The summed E-state index contributed by atoms with van der Waals surface area (Å²) in [7, 11) is 0. The van der Waals surface area contributed by atoms with Crippen LogP contribution < -0.4 is 5.32 Å². The molecule has 0 saturated carbocycles. The molecule has 4 nitrogen and oxygen atoms in total. The molecule has 1 aromatic carbocycles. The molecule has 1 atom stereocenters. The minimum absolute atomic E-state index is 0.0828. The van der Waals surface area contributed by atoms with E-state index in [4.69, 9.17) is 0 Å². The largest absolute Gasteiger partial charge is 0.352 e. The molecule has 2 aromatic rings. The van der Waals surface area contributed by atoms with Gasteiger partial charge in [0.25, 0.3) is 0 Å². The van der Waals surface area contributed by atoms with Crippen molar-refractivity contribution in [3.8, 4) is 0 Å². The van der Waals surface area contributed by atoms with Crippen LogP contribution >= 0.6 is 0 Å². The summed E-state index contributed by atoms with van der Waals surface area (Å²) >= 11 is 0. The number of carbonyl (C=O) groups is 1. The molecule has 0 radical (unpaired) electrons. The summed E-state index contributed by atoms with van der Waals surface area (Å²) < 4.78 is 0. The van der Waals surface area contributed by atoms with E-state index in [1.807, 2.05) is 12.1 Å². The summed E-state index contributed by atoms with van der Waals surface area (Å²) in [6.07, 6.45) is 5.60. The Kier molecular flexibility index (Phi) is 5.59. The number of amides is 1. The number of likely N-dealkylation sites (tertiary alicyclic amines) is 1. The number of piperidine rings is 1. The lowest BCUT2D eigenvalue weighted by Gasteiger charge is -2.32. The average Bonchev–Trinajstić information content (AvgIpc) is 2.63. The average molecular weight is 323 g/mol. The second-order valence-electron chi connectivity index (χ2n) is 6.58. The number of nitrogens with zero attached hydrogens (tertiary/aromatic N) is 2. The van der Waals surface area contributed by atoms with Crippen molar-refractivity contribution in [1.29, 1.82) is 0 Å². The van der Waals surface area contributed by atoms with Crippen molar-refractivity contribution in [2.75, 3.05) is 13.1 Å². The van der Waals surface area contributed by atoms with Gasteiger partial charge in [0.1, 0.15) is 0 Å². The lowest BCUT2D eigenvalue weighted by atomic mass is 9.96. The molecular formula is C20H25N3O. The molecule has 3 rings (SSSR count). The lowest BCUT2D eigenvalue weighted by Crippen LogP contribution is -2.42. The maximum Gasteiger partial charge on any atom is 0.224 e. The Morgan fingerprint density at radius 2 is 2.17 bits per heavy atom. The fraction of sp³-hybridized carbons (Fsp3) is 0.400. The summed E-state index contributed by atoms with van der Waals surface area (Å²) in [5, 5.41) is 3.06. The van der Waals surface area contributed by atoms with Crippen molar-refractivity contribution >= 4 is 5.91 Å². The number of pyridine rings is 1. The minimum atomic E-state index is 0.0828. The molecule has 24 heavy (non-hydrogen) atoms. The van der Waals surface area contributed by atoms with Gasteiger partial charge in [0.05, 0.1) is 5.92 Å². The van der Waals surface area contributed by atoms with E-state index in [0.29, 0.717) is 6.54 Å². The molecule has 1 fully saturated rings. The number of hydrogen-bond donors (Lipinski definition) is 1. The predicted molar refractivity (Wildman–Crippen MR) is 95.3 cm³/mol. The maximum absolute atomic E-state index is 12.5. The highest BCUT2D eigenvalue weighted by atomic mass is 16.1. The Hall–Kier alpha value is -2.20. The highest BCUT2D eigenvalue weighted by Gasteiger charge is 2.25. The minimum Gasteiger partial charge on any atom is -0.352 e. The number of nitrogens with one attached hydrogen (secondary N) is 1. The molecule has 126 valence electrons. The van der Waals surface area contributed by atoms with Gasteiger partial charge in [-0.05, 0) is 49.1 Å². The topological polar surface area (TPSA) is 45.2 Å².